The number of furan rings is 1. The summed E-state index contributed by atoms with van der Waals surface area (Å²) < 4.78 is 5.07. The van der Waals surface area contributed by atoms with Crippen molar-refractivity contribution >= 4 is 0 Å². The second-order valence-electron chi connectivity index (χ2n) is 6.52. The quantitative estimate of drug-likeness (QED) is 0.626. The zero-order chi connectivity index (χ0) is 14.8. The molecule has 3 nitrogen and oxygen atoms in total. The van der Waals surface area contributed by atoms with Crippen LogP contribution in [0.15, 0.2) is 23.0 Å². The molecule has 1 aromatic rings. The van der Waals surface area contributed by atoms with Gasteiger partial charge in [-0.3, -0.25) is 0 Å². The van der Waals surface area contributed by atoms with Crippen LogP contribution >= 0.6 is 0 Å². The molecular weight excluding hydrogens is 248 g/mol. The molecule has 0 fully saturated rings. The molecule has 20 heavy (non-hydrogen) atoms. The minimum atomic E-state index is 0.787. The predicted molar refractivity (Wildman–Crippen MR) is 85.8 cm³/mol. The fraction of sp³-hybridized carbons (Fsp3) is 0.765. The third-order valence-corrected chi connectivity index (χ3v) is 3.56. The van der Waals surface area contributed by atoms with Crippen molar-refractivity contribution in [3.63, 3.8) is 0 Å². The standard InChI is InChI=1S/C17H32N2O/c1-15(2)5-9-19(10-6-16(3)4)11-8-18-13-17-7-12-20-14-17/h7,12,14-16,18H,5-6,8-11,13H2,1-4H3. The Bertz CT molecular complexity index is 308. The summed E-state index contributed by atoms with van der Waals surface area (Å²) in [6.45, 7) is 14.7. The number of hydrogen-bond acceptors (Lipinski definition) is 3. The molecule has 0 aromatic carbocycles. The van der Waals surface area contributed by atoms with Crippen molar-refractivity contribution < 1.29 is 4.42 Å². The first-order chi connectivity index (χ1) is 9.58. The summed E-state index contributed by atoms with van der Waals surface area (Å²) in [4.78, 5) is 2.60. The number of nitrogens with zero attached hydrogens (tertiary/aromatic N) is 1. The van der Waals surface area contributed by atoms with Crippen molar-refractivity contribution in [2.24, 2.45) is 11.8 Å². The normalized spacial score (nSPS) is 11.9. The lowest BCUT2D eigenvalue weighted by Crippen LogP contribution is -2.34. The molecule has 1 N–H and O–H groups in total. The van der Waals surface area contributed by atoms with Crippen LogP contribution in [-0.2, 0) is 6.54 Å². The molecule has 1 heterocycles. The average molecular weight is 280 g/mol. The molecule has 0 atom stereocenters. The van der Waals surface area contributed by atoms with Gasteiger partial charge in [-0.15, -0.1) is 0 Å². The van der Waals surface area contributed by atoms with E-state index in [1.54, 1.807) is 6.26 Å². The summed E-state index contributed by atoms with van der Waals surface area (Å²) in [5.41, 5.74) is 1.22. The summed E-state index contributed by atoms with van der Waals surface area (Å²) in [6.07, 6.45) is 6.12. The molecule has 0 amide bonds. The maximum atomic E-state index is 5.07. The largest absolute Gasteiger partial charge is 0.472 e. The van der Waals surface area contributed by atoms with Crippen LogP contribution in [0, 0.1) is 11.8 Å². The summed E-state index contributed by atoms with van der Waals surface area (Å²) in [5, 5.41) is 3.49. The van der Waals surface area contributed by atoms with E-state index in [4.69, 9.17) is 4.42 Å². The molecule has 0 saturated heterocycles. The first-order valence-electron chi connectivity index (χ1n) is 8.02. The Morgan fingerprint density at radius 1 is 1.05 bits per heavy atom. The highest BCUT2D eigenvalue weighted by molar-refractivity contribution is 5.04. The van der Waals surface area contributed by atoms with Crippen molar-refractivity contribution in [2.75, 3.05) is 26.2 Å². The molecule has 0 unspecified atom stereocenters. The topological polar surface area (TPSA) is 28.4 Å². The van der Waals surface area contributed by atoms with Gasteiger partial charge in [-0.1, -0.05) is 27.7 Å². The van der Waals surface area contributed by atoms with E-state index in [1.165, 1.54) is 31.5 Å². The van der Waals surface area contributed by atoms with E-state index in [-0.39, 0.29) is 0 Å². The van der Waals surface area contributed by atoms with Gasteiger partial charge < -0.3 is 14.6 Å². The van der Waals surface area contributed by atoms with Gasteiger partial charge in [0.2, 0.25) is 0 Å². The van der Waals surface area contributed by atoms with Gasteiger partial charge in [0.15, 0.2) is 0 Å². The van der Waals surface area contributed by atoms with Gasteiger partial charge in [-0.05, 0) is 43.8 Å². The maximum Gasteiger partial charge on any atom is 0.0947 e. The lowest BCUT2D eigenvalue weighted by Gasteiger charge is -2.24. The summed E-state index contributed by atoms with van der Waals surface area (Å²) >= 11 is 0. The Balaban J connectivity index is 2.20. The fourth-order valence-corrected chi connectivity index (χ4v) is 2.08. The Kier molecular flexibility index (Phi) is 8.63. The SMILES string of the molecule is CC(C)CCN(CCNCc1ccoc1)CCC(C)C. The Morgan fingerprint density at radius 3 is 2.20 bits per heavy atom. The maximum absolute atomic E-state index is 5.07. The second kappa shape index (κ2) is 10.0. The van der Waals surface area contributed by atoms with E-state index in [0.717, 1.165) is 31.5 Å². The van der Waals surface area contributed by atoms with Gasteiger partial charge in [0.25, 0.3) is 0 Å². The van der Waals surface area contributed by atoms with E-state index in [9.17, 15) is 0 Å². The lowest BCUT2D eigenvalue weighted by atomic mass is 10.1. The van der Waals surface area contributed by atoms with Crippen LogP contribution in [-0.4, -0.2) is 31.1 Å². The van der Waals surface area contributed by atoms with Crippen molar-refractivity contribution in [3.8, 4) is 0 Å². The van der Waals surface area contributed by atoms with Crippen LogP contribution in [0.2, 0.25) is 0 Å². The Hall–Kier alpha value is -0.800. The van der Waals surface area contributed by atoms with Gasteiger partial charge in [0, 0.05) is 25.2 Å². The zero-order valence-electron chi connectivity index (χ0n) is 13.7. The third kappa shape index (κ3) is 8.39. The van der Waals surface area contributed by atoms with Crippen molar-refractivity contribution in [1.82, 2.24) is 10.2 Å². The number of rotatable bonds is 11. The molecule has 1 rings (SSSR count). The predicted octanol–water partition coefficient (Wildman–Crippen LogP) is 3.76. The van der Waals surface area contributed by atoms with Crippen LogP contribution in [0.5, 0.6) is 0 Å². The van der Waals surface area contributed by atoms with E-state index < -0.39 is 0 Å². The fourth-order valence-electron chi connectivity index (χ4n) is 2.08. The third-order valence-electron chi connectivity index (χ3n) is 3.56. The minimum Gasteiger partial charge on any atom is -0.472 e. The summed E-state index contributed by atoms with van der Waals surface area (Å²) in [7, 11) is 0. The van der Waals surface area contributed by atoms with E-state index in [2.05, 4.69) is 37.9 Å². The van der Waals surface area contributed by atoms with Crippen LogP contribution in [0.1, 0.15) is 46.1 Å². The van der Waals surface area contributed by atoms with Crippen molar-refractivity contribution in [1.29, 1.82) is 0 Å². The first-order valence-corrected chi connectivity index (χ1v) is 8.02. The Morgan fingerprint density at radius 2 is 1.70 bits per heavy atom. The average Bonchev–Trinajstić information content (AvgIpc) is 2.89. The van der Waals surface area contributed by atoms with Gasteiger partial charge in [-0.2, -0.15) is 0 Å². The van der Waals surface area contributed by atoms with Crippen LogP contribution < -0.4 is 5.32 Å². The van der Waals surface area contributed by atoms with Crippen molar-refractivity contribution in [3.05, 3.63) is 24.2 Å². The first kappa shape index (κ1) is 17.3. The van der Waals surface area contributed by atoms with E-state index in [1.807, 2.05) is 12.3 Å². The number of hydrogen-bond donors (Lipinski definition) is 1. The molecule has 0 spiro atoms. The minimum absolute atomic E-state index is 0.787. The number of nitrogens with one attached hydrogen (secondary N) is 1. The molecule has 0 saturated carbocycles. The van der Waals surface area contributed by atoms with Crippen molar-refractivity contribution in [2.45, 2.75) is 47.1 Å². The molecule has 3 heteroatoms. The highest BCUT2D eigenvalue weighted by Gasteiger charge is 2.07. The van der Waals surface area contributed by atoms with Gasteiger partial charge in [0.1, 0.15) is 0 Å². The summed E-state index contributed by atoms with van der Waals surface area (Å²) in [6, 6.07) is 2.02. The van der Waals surface area contributed by atoms with Gasteiger partial charge in [0.05, 0.1) is 12.5 Å². The van der Waals surface area contributed by atoms with Crippen LogP contribution in [0.4, 0.5) is 0 Å². The lowest BCUT2D eigenvalue weighted by molar-refractivity contribution is 0.243. The highest BCUT2D eigenvalue weighted by Crippen LogP contribution is 2.06. The van der Waals surface area contributed by atoms with E-state index in [0.29, 0.717) is 0 Å². The monoisotopic (exact) mass is 280 g/mol. The van der Waals surface area contributed by atoms with E-state index >= 15 is 0 Å². The molecule has 0 aliphatic rings. The molecular formula is C17H32N2O. The molecule has 0 bridgehead atoms. The highest BCUT2D eigenvalue weighted by atomic mass is 16.3. The molecule has 0 aliphatic carbocycles. The molecule has 1 aromatic heterocycles. The molecule has 0 radical (unpaired) electrons. The van der Waals surface area contributed by atoms with Gasteiger partial charge in [-0.25, -0.2) is 0 Å². The second-order valence-corrected chi connectivity index (χ2v) is 6.52. The molecule has 0 aliphatic heterocycles. The van der Waals surface area contributed by atoms with Crippen LogP contribution in [0.25, 0.3) is 0 Å². The Labute approximate surface area is 124 Å². The zero-order valence-corrected chi connectivity index (χ0v) is 13.7. The van der Waals surface area contributed by atoms with Gasteiger partial charge >= 0.3 is 0 Å². The summed E-state index contributed by atoms with van der Waals surface area (Å²) in [5.74, 6) is 1.57. The van der Waals surface area contributed by atoms with Crippen LogP contribution in [0.3, 0.4) is 0 Å². The molecule has 116 valence electrons. The smallest absolute Gasteiger partial charge is 0.0947 e.